The number of nitrogens with zero attached hydrogens (tertiary/aromatic N) is 2. The molecule has 8 heteroatoms. The third-order valence-electron chi connectivity index (χ3n) is 4.87. The highest BCUT2D eigenvalue weighted by molar-refractivity contribution is 6.01. The number of allylic oxidation sites excluding steroid dienone is 1. The van der Waals surface area contributed by atoms with Gasteiger partial charge in [0.05, 0.1) is 11.8 Å². The fourth-order valence-corrected chi connectivity index (χ4v) is 3.27. The number of aliphatic hydroxyl groups excluding tert-OH is 1. The molecule has 0 aromatic heterocycles. The van der Waals surface area contributed by atoms with Crippen molar-refractivity contribution in [3.05, 3.63) is 53.5 Å². The number of carbonyl (C=O) groups is 2. The molecule has 1 aromatic carbocycles. The lowest BCUT2D eigenvalue weighted by Gasteiger charge is -2.36. The lowest BCUT2D eigenvalue weighted by Crippen LogP contribution is -2.45. The van der Waals surface area contributed by atoms with Gasteiger partial charge in [0, 0.05) is 30.5 Å². The van der Waals surface area contributed by atoms with Crippen LogP contribution in [0.5, 0.6) is 0 Å². The minimum atomic E-state index is -1.20. The highest BCUT2D eigenvalue weighted by Gasteiger charge is 2.31. The van der Waals surface area contributed by atoms with Crippen LogP contribution in [0.4, 0.5) is 10.1 Å². The second-order valence-electron chi connectivity index (χ2n) is 7.88. The summed E-state index contributed by atoms with van der Waals surface area (Å²) < 4.78 is 18.8. The van der Waals surface area contributed by atoms with E-state index in [1.54, 1.807) is 4.90 Å². The van der Waals surface area contributed by atoms with Crippen molar-refractivity contribution in [3.8, 4) is 12.3 Å². The monoisotopic (exact) mass is 455 g/mol. The number of nitrogens with two attached hydrogens (primary N) is 1. The van der Waals surface area contributed by atoms with Gasteiger partial charge in [0.15, 0.2) is 12.0 Å². The van der Waals surface area contributed by atoms with Crippen LogP contribution in [-0.2, 0) is 14.3 Å². The quantitative estimate of drug-likeness (QED) is 0.394. The first-order chi connectivity index (χ1) is 15.7. The summed E-state index contributed by atoms with van der Waals surface area (Å²) >= 11 is 0. The number of aliphatic imine (C=N–C) groups is 1. The number of hydrogen-bond acceptors (Lipinski definition) is 6. The number of unbranched alkanes of at least 4 members (excludes halogenated alkanes) is 1. The number of ether oxygens (including phenoxy) is 1. The molecule has 1 aromatic rings. The topological polar surface area (TPSA) is 105 Å². The minimum absolute atomic E-state index is 0.00725. The van der Waals surface area contributed by atoms with Crippen LogP contribution < -0.4 is 10.6 Å². The van der Waals surface area contributed by atoms with E-state index in [1.165, 1.54) is 36.4 Å². The van der Waals surface area contributed by atoms with Crippen LogP contribution in [0, 0.1) is 18.2 Å². The van der Waals surface area contributed by atoms with E-state index in [0.717, 1.165) is 0 Å². The van der Waals surface area contributed by atoms with E-state index >= 15 is 0 Å². The average molecular weight is 456 g/mol. The summed E-state index contributed by atoms with van der Waals surface area (Å²) in [5, 5.41) is 11.1. The molecule has 1 aliphatic heterocycles. The largest absolute Gasteiger partial charge is 0.371 e. The lowest BCUT2D eigenvalue weighted by atomic mass is 10.0. The molecule has 0 aliphatic carbocycles. The molecule has 0 spiro atoms. The van der Waals surface area contributed by atoms with Crippen LogP contribution in [0.2, 0.25) is 0 Å². The minimum Gasteiger partial charge on any atom is -0.371 e. The van der Waals surface area contributed by atoms with E-state index in [2.05, 4.69) is 10.9 Å². The molecule has 1 heterocycles. The molecule has 1 aliphatic rings. The summed E-state index contributed by atoms with van der Waals surface area (Å²) in [6.07, 6.45) is 9.09. The Morgan fingerprint density at radius 2 is 2.03 bits per heavy atom. The molecule has 2 rings (SSSR count). The van der Waals surface area contributed by atoms with Crippen molar-refractivity contribution in [1.29, 1.82) is 0 Å². The number of anilines is 1. The first-order valence-corrected chi connectivity index (χ1v) is 10.8. The zero-order chi connectivity index (χ0) is 24.4. The van der Waals surface area contributed by atoms with Crippen molar-refractivity contribution in [2.75, 3.05) is 11.5 Å². The number of rotatable bonds is 11. The Balaban J connectivity index is 2.27. The lowest BCUT2D eigenvalue weighted by molar-refractivity contribution is -0.125. The van der Waals surface area contributed by atoms with Crippen molar-refractivity contribution in [2.24, 2.45) is 10.7 Å². The van der Waals surface area contributed by atoms with Crippen LogP contribution in [0.3, 0.4) is 0 Å². The molecule has 7 nitrogen and oxygen atoms in total. The molecule has 0 bridgehead atoms. The van der Waals surface area contributed by atoms with E-state index in [-0.39, 0.29) is 24.9 Å². The number of amides is 1. The van der Waals surface area contributed by atoms with Crippen LogP contribution in [0.1, 0.15) is 46.0 Å². The number of carbonyl (C=O) groups excluding carboxylic acids is 2. The third kappa shape index (κ3) is 7.97. The predicted molar refractivity (Wildman–Crippen MR) is 126 cm³/mol. The Morgan fingerprint density at radius 1 is 1.33 bits per heavy atom. The first-order valence-electron chi connectivity index (χ1n) is 10.8. The Kier molecular flexibility index (Phi) is 9.98. The molecule has 0 saturated carbocycles. The summed E-state index contributed by atoms with van der Waals surface area (Å²) in [4.78, 5) is 29.4. The molecule has 0 fully saturated rings. The Bertz CT molecular complexity index is 974. The van der Waals surface area contributed by atoms with Gasteiger partial charge in [0.1, 0.15) is 18.3 Å². The summed E-state index contributed by atoms with van der Waals surface area (Å²) in [6.45, 7) is 3.82. The van der Waals surface area contributed by atoms with Gasteiger partial charge in [-0.15, -0.1) is 6.42 Å². The Hall–Kier alpha value is -3.28. The van der Waals surface area contributed by atoms with Gasteiger partial charge < -0.3 is 15.6 Å². The number of terminal acetylenes is 1. The average Bonchev–Trinajstić information content (AvgIpc) is 2.76. The molecular formula is C25H30FN3O4. The smallest absolute Gasteiger partial charge is 0.221 e. The van der Waals surface area contributed by atoms with Gasteiger partial charge >= 0.3 is 0 Å². The first kappa shape index (κ1) is 26.0. The van der Waals surface area contributed by atoms with E-state index in [4.69, 9.17) is 16.9 Å². The summed E-state index contributed by atoms with van der Waals surface area (Å²) in [6, 6.07) is 5.64. The maximum absolute atomic E-state index is 13.5. The van der Waals surface area contributed by atoms with Crippen LogP contribution in [0.15, 0.2) is 52.7 Å². The van der Waals surface area contributed by atoms with Crippen molar-refractivity contribution in [3.63, 3.8) is 0 Å². The fraction of sp³-hybridized carbons (Fsp3) is 0.400. The third-order valence-corrected chi connectivity index (χ3v) is 4.87. The summed E-state index contributed by atoms with van der Waals surface area (Å²) in [5.74, 6) is 1.95. The van der Waals surface area contributed by atoms with Gasteiger partial charge in [-0.05, 0) is 63.1 Å². The van der Waals surface area contributed by atoms with Crippen molar-refractivity contribution < 1.29 is 23.8 Å². The zero-order valence-corrected chi connectivity index (χ0v) is 19.0. The standard InChI is InChI=1S/C25H30FN3O4/c1-4-7-21-22(14-15-23(27)31)28-24(9-6-5-8-20(30)16-33-17(2)3)29(25(21)32)19-12-10-18(26)11-13-19/h1,7,10-14,17,25,32H,5-6,8-9,15-16H2,2-3H3,(H2,27,31)/b21-7+,22-14+. The summed E-state index contributed by atoms with van der Waals surface area (Å²) in [7, 11) is 0. The number of Topliss-reactive ketones (excluding diaryl/α,β-unsaturated/α-hetero) is 1. The van der Waals surface area contributed by atoms with Gasteiger partial charge in [0.2, 0.25) is 5.91 Å². The van der Waals surface area contributed by atoms with Crippen molar-refractivity contribution >= 4 is 23.2 Å². The van der Waals surface area contributed by atoms with Crippen LogP contribution in [0.25, 0.3) is 0 Å². The van der Waals surface area contributed by atoms with Crippen molar-refractivity contribution in [2.45, 2.75) is 58.3 Å². The number of aliphatic hydroxyl groups is 1. The zero-order valence-electron chi connectivity index (χ0n) is 19.0. The normalized spacial score (nSPS) is 18.5. The molecular weight excluding hydrogens is 425 g/mol. The predicted octanol–water partition coefficient (Wildman–Crippen LogP) is 3.24. The molecule has 1 amide bonds. The van der Waals surface area contributed by atoms with Crippen LogP contribution >= 0.6 is 0 Å². The highest BCUT2D eigenvalue weighted by atomic mass is 19.1. The van der Waals surface area contributed by atoms with E-state index in [9.17, 15) is 19.1 Å². The van der Waals surface area contributed by atoms with Gasteiger partial charge in [-0.3, -0.25) is 14.5 Å². The number of benzene rings is 1. The van der Waals surface area contributed by atoms with E-state index in [1.807, 2.05) is 13.8 Å². The number of ketones is 1. The van der Waals surface area contributed by atoms with Crippen molar-refractivity contribution in [1.82, 2.24) is 0 Å². The van der Waals surface area contributed by atoms with E-state index < -0.39 is 18.0 Å². The molecule has 0 radical (unpaired) electrons. The Labute approximate surface area is 193 Å². The SMILES string of the molecule is C#C/C=C1\C(=C/CC(N)=O)N=C(CCCCC(=O)COC(C)C)N(c2ccc(F)cc2)C1O. The number of amidine groups is 1. The molecule has 1 atom stereocenters. The van der Waals surface area contributed by atoms with E-state index in [0.29, 0.717) is 48.5 Å². The molecule has 0 saturated heterocycles. The van der Waals surface area contributed by atoms with Crippen LogP contribution in [-0.4, -0.2) is 41.6 Å². The second kappa shape index (κ2) is 12.7. The maximum Gasteiger partial charge on any atom is 0.221 e. The maximum atomic E-state index is 13.5. The molecule has 176 valence electrons. The van der Waals surface area contributed by atoms with Gasteiger partial charge in [-0.25, -0.2) is 9.38 Å². The number of hydrogen-bond donors (Lipinski definition) is 2. The molecule has 33 heavy (non-hydrogen) atoms. The molecule has 3 N–H and O–H groups in total. The number of primary amides is 1. The second-order valence-corrected chi connectivity index (χ2v) is 7.88. The fourth-order valence-electron chi connectivity index (χ4n) is 3.27. The molecule has 1 unspecified atom stereocenters. The highest BCUT2D eigenvalue weighted by Crippen LogP contribution is 2.31. The van der Waals surface area contributed by atoms with Gasteiger partial charge in [-0.1, -0.05) is 5.92 Å². The van der Waals surface area contributed by atoms with Gasteiger partial charge in [-0.2, -0.15) is 0 Å². The number of halogens is 1. The Morgan fingerprint density at radius 3 is 2.64 bits per heavy atom. The summed E-state index contributed by atoms with van der Waals surface area (Å²) in [5.41, 5.74) is 6.47. The van der Waals surface area contributed by atoms with Gasteiger partial charge in [0.25, 0.3) is 0 Å².